The SMILES string of the molecule is CCCCCCCCCCCCCCCCCC[N+](C)(CCCCCCCCCC)CCC[Si]12OCC(O)C(O1)C(O)C(C(=O)O)O2. The van der Waals surface area contributed by atoms with Crippen molar-refractivity contribution in [3.05, 3.63) is 0 Å². The lowest BCUT2D eigenvalue weighted by atomic mass is 10.0. The summed E-state index contributed by atoms with van der Waals surface area (Å²) in [6.45, 7) is 7.85. The molecule has 2 rings (SSSR count). The lowest BCUT2D eigenvalue weighted by Crippen LogP contribution is -2.70. The molecule has 0 aromatic heterocycles. The van der Waals surface area contributed by atoms with Crippen LogP contribution in [0.5, 0.6) is 0 Å². The van der Waals surface area contributed by atoms with Crippen LogP contribution in [0, 0.1) is 0 Å². The molecule has 2 aliphatic rings. The summed E-state index contributed by atoms with van der Waals surface area (Å²) in [5.41, 5.74) is 0. The van der Waals surface area contributed by atoms with Crippen molar-refractivity contribution in [3.8, 4) is 0 Å². The minimum atomic E-state index is -3.29. The van der Waals surface area contributed by atoms with Crippen LogP contribution in [0.3, 0.4) is 0 Å². The number of nitrogens with zero attached hydrogens (tertiary/aromatic N) is 1. The second kappa shape index (κ2) is 25.4. The third-order valence-electron chi connectivity index (χ3n) is 10.6. The van der Waals surface area contributed by atoms with Gasteiger partial charge in [0.1, 0.15) is 18.3 Å². The summed E-state index contributed by atoms with van der Waals surface area (Å²) in [4.78, 5) is 11.8. The zero-order chi connectivity index (χ0) is 34.2. The molecule has 6 unspecified atom stereocenters. The molecule has 0 aromatic rings. The van der Waals surface area contributed by atoms with Crippen molar-refractivity contribution in [1.29, 1.82) is 0 Å². The van der Waals surface area contributed by atoms with Crippen LogP contribution in [0.1, 0.15) is 174 Å². The van der Waals surface area contributed by atoms with E-state index in [1.807, 2.05) is 0 Å². The number of carboxylic acid groups (broad SMARTS) is 1. The first kappa shape index (κ1) is 42.6. The van der Waals surface area contributed by atoms with Gasteiger partial charge >= 0.3 is 14.8 Å². The van der Waals surface area contributed by atoms with Gasteiger partial charge in [0.15, 0.2) is 6.10 Å². The summed E-state index contributed by atoms with van der Waals surface area (Å²) >= 11 is 0. The summed E-state index contributed by atoms with van der Waals surface area (Å²) < 4.78 is 18.8. The predicted molar refractivity (Wildman–Crippen MR) is 193 cm³/mol. The van der Waals surface area contributed by atoms with Crippen LogP contribution < -0.4 is 0 Å². The molecule has 0 spiro atoms. The van der Waals surface area contributed by atoms with E-state index in [0.717, 1.165) is 30.5 Å². The van der Waals surface area contributed by atoms with Crippen molar-refractivity contribution in [2.24, 2.45) is 0 Å². The Labute approximate surface area is 290 Å². The zero-order valence-corrected chi connectivity index (χ0v) is 31.9. The van der Waals surface area contributed by atoms with Crippen molar-refractivity contribution in [2.75, 3.05) is 33.3 Å². The smallest absolute Gasteiger partial charge is 0.479 e. The molecule has 278 valence electrons. The molecule has 8 nitrogen and oxygen atoms in total. The molecular formula is C38H76NO7Si+. The van der Waals surface area contributed by atoms with Crippen molar-refractivity contribution in [3.63, 3.8) is 0 Å². The van der Waals surface area contributed by atoms with Crippen LogP contribution >= 0.6 is 0 Å². The fourth-order valence-corrected chi connectivity index (χ4v) is 10.4. The number of unbranched alkanes of at least 4 members (excludes halogenated alkanes) is 22. The molecule has 2 aliphatic heterocycles. The summed E-state index contributed by atoms with van der Waals surface area (Å²) in [6, 6.07) is 0.511. The van der Waals surface area contributed by atoms with Gasteiger partial charge in [0.2, 0.25) is 0 Å². The van der Waals surface area contributed by atoms with Gasteiger partial charge in [-0.25, -0.2) is 4.79 Å². The second-order valence-corrected chi connectivity index (χ2v) is 17.8. The standard InChI is InChI=1S/C38H75NO7Si/c1-4-6-8-10-12-14-15-16-17-18-19-20-21-23-25-27-30-39(3,29-26-24-22-13-11-9-7-5-2)31-28-32-47-44-33-34(40)36(45-47)35(41)37(46-47)38(42)43/h34-37,40-41H,4-33H2,1-3H3/p+1. The fourth-order valence-electron chi connectivity index (χ4n) is 7.49. The molecule has 2 saturated heterocycles. The van der Waals surface area contributed by atoms with E-state index in [1.54, 1.807) is 0 Å². The Balaban J connectivity index is 1.70. The summed E-state index contributed by atoms with van der Waals surface area (Å²) in [5, 5.41) is 30.4. The van der Waals surface area contributed by atoms with Crippen LogP contribution in [0.15, 0.2) is 0 Å². The fraction of sp³-hybridized carbons (Fsp3) is 0.974. The second-order valence-electron chi connectivity index (χ2n) is 15.2. The lowest BCUT2D eigenvalue weighted by molar-refractivity contribution is -0.910. The Kier molecular flexibility index (Phi) is 23.0. The minimum absolute atomic E-state index is 0.0177. The van der Waals surface area contributed by atoms with E-state index in [-0.39, 0.29) is 6.61 Å². The van der Waals surface area contributed by atoms with Crippen molar-refractivity contribution in [1.82, 2.24) is 0 Å². The molecule has 3 N–H and O–H groups in total. The Hall–Kier alpha value is -0.553. The predicted octanol–water partition coefficient (Wildman–Crippen LogP) is 8.78. The average molecular weight is 687 g/mol. The topological polar surface area (TPSA) is 105 Å². The maximum absolute atomic E-state index is 11.8. The molecule has 0 amide bonds. The Morgan fingerprint density at radius 3 is 1.40 bits per heavy atom. The highest BCUT2D eigenvalue weighted by molar-refractivity contribution is 6.61. The van der Waals surface area contributed by atoms with Crippen molar-refractivity contribution < 1.29 is 37.9 Å². The van der Waals surface area contributed by atoms with Gasteiger partial charge in [0.05, 0.1) is 33.3 Å². The number of rotatable bonds is 31. The van der Waals surface area contributed by atoms with Crippen LogP contribution in [0.4, 0.5) is 0 Å². The molecule has 2 fully saturated rings. The number of hydrogen-bond donors (Lipinski definition) is 3. The number of hydrogen-bond acceptors (Lipinski definition) is 6. The summed E-state index contributed by atoms with van der Waals surface area (Å²) in [5.74, 6) is -1.24. The van der Waals surface area contributed by atoms with Crippen LogP contribution in [0.2, 0.25) is 6.04 Å². The molecule has 0 aliphatic carbocycles. The van der Waals surface area contributed by atoms with Crippen LogP contribution in [0.25, 0.3) is 0 Å². The van der Waals surface area contributed by atoms with Gasteiger partial charge < -0.3 is 33.1 Å². The molecule has 9 heteroatoms. The normalized spacial score (nSPS) is 25.6. The van der Waals surface area contributed by atoms with E-state index in [9.17, 15) is 20.1 Å². The van der Waals surface area contributed by atoms with Gasteiger partial charge in [-0.1, -0.05) is 142 Å². The number of fused-ring (bicyclic) bond motifs is 2. The highest BCUT2D eigenvalue weighted by Gasteiger charge is 2.59. The van der Waals surface area contributed by atoms with Crippen molar-refractivity contribution in [2.45, 2.75) is 205 Å². The van der Waals surface area contributed by atoms with E-state index in [4.69, 9.17) is 13.3 Å². The highest BCUT2D eigenvalue weighted by Crippen LogP contribution is 2.35. The molecule has 2 bridgehead atoms. The number of aliphatic hydroxyl groups is 2. The summed E-state index contributed by atoms with van der Waals surface area (Å²) in [6.07, 6.45) is 28.6. The zero-order valence-electron chi connectivity index (χ0n) is 30.9. The molecule has 6 atom stereocenters. The Morgan fingerprint density at radius 2 is 1.00 bits per heavy atom. The number of carboxylic acids is 1. The maximum Gasteiger partial charge on any atom is 0.502 e. The summed E-state index contributed by atoms with van der Waals surface area (Å²) in [7, 11) is -0.908. The molecule has 2 heterocycles. The van der Waals surface area contributed by atoms with E-state index in [2.05, 4.69) is 20.9 Å². The van der Waals surface area contributed by atoms with E-state index < -0.39 is 39.2 Å². The first-order valence-corrected chi connectivity index (χ1v) is 22.1. The van der Waals surface area contributed by atoms with E-state index in [0.29, 0.717) is 6.04 Å². The van der Waals surface area contributed by atoms with Gasteiger partial charge in [-0.2, -0.15) is 0 Å². The molecule has 0 aromatic carbocycles. The number of quaternary nitrogens is 1. The highest BCUT2D eigenvalue weighted by atomic mass is 28.4. The van der Waals surface area contributed by atoms with E-state index in [1.165, 1.54) is 154 Å². The maximum atomic E-state index is 11.8. The quantitative estimate of drug-likeness (QED) is 0.0380. The third-order valence-corrected chi connectivity index (χ3v) is 13.5. The van der Waals surface area contributed by atoms with Gasteiger partial charge in [0.25, 0.3) is 0 Å². The molecular weight excluding hydrogens is 611 g/mol. The minimum Gasteiger partial charge on any atom is -0.479 e. The Morgan fingerprint density at radius 1 is 0.617 bits per heavy atom. The monoisotopic (exact) mass is 687 g/mol. The first-order chi connectivity index (χ1) is 22.8. The number of carbonyl (C=O) groups is 1. The molecule has 0 saturated carbocycles. The van der Waals surface area contributed by atoms with Crippen LogP contribution in [-0.4, -0.2) is 92.3 Å². The first-order valence-electron chi connectivity index (χ1n) is 20.2. The molecule has 0 radical (unpaired) electrons. The molecule has 47 heavy (non-hydrogen) atoms. The van der Waals surface area contributed by atoms with Gasteiger partial charge in [-0.05, 0) is 25.7 Å². The van der Waals surface area contributed by atoms with E-state index >= 15 is 0 Å². The van der Waals surface area contributed by atoms with Gasteiger partial charge in [-0.3, -0.25) is 0 Å². The van der Waals surface area contributed by atoms with Gasteiger partial charge in [-0.15, -0.1) is 0 Å². The van der Waals surface area contributed by atoms with Crippen molar-refractivity contribution >= 4 is 14.8 Å². The third kappa shape index (κ3) is 17.8. The lowest BCUT2D eigenvalue weighted by Gasteiger charge is -2.48. The average Bonchev–Trinajstić information content (AvgIpc) is 3.05. The number of aliphatic hydroxyl groups excluding tert-OH is 2. The largest absolute Gasteiger partial charge is 0.502 e. The van der Waals surface area contributed by atoms with Crippen LogP contribution in [-0.2, 0) is 18.1 Å². The van der Waals surface area contributed by atoms with Gasteiger partial charge in [0, 0.05) is 12.5 Å². The Bertz CT molecular complexity index is 791. The number of aliphatic carboxylic acids is 1.